The lowest BCUT2D eigenvalue weighted by Gasteiger charge is -2.23. The molecule has 2 unspecified atom stereocenters. The highest BCUT2D eigenvalue weighted by Gasteiger charge is 2.26. The van der Waals surface area contributed by atoms with Crippen molar-refractivity contribution in [3.05, 3.63) is 50.9 Å². The average molecular weight is 422 g/mol. The van der Waals surface area contributed by atoms with Gasteiger partial charge in [-0.1, -0.05) is 31.9 Å². The zero-order valence-electron chi connectivity index (χ0n) is 16.6. The first-order valence-electron chi connectivity index (χ1n) is 9.65. The van der Waals surface area contributed by atoms with Crippen molar-refractivity contribution in [2.45, 2.75) is 52.5 Å². The minimum absolute atomic E-state index is 0.0366. The van der Waals surface area contributed by atoms with Gasteiger partial charge in [0.1, 0.15) is 6.04 Å². The molecular weight excluding hydrogens is 394 g/mol. The minimum atomic E-state index is -0.560. The third-order valence-corrected chi connectivity index (χ3v) is 5.95. The number of aryl methyl sites for hydroxylation is 2. The first-order valence-corrected chi connectivity index (χ1v) is 10.9. The molecule has 7 heteroatoms. The van der Waals surface area contributed by atoms with Crippen molar-refractivity contribution in [3.63, 3.8) is 0 Å². The van der Waals surface area contributed by atoms with Gasteiger partial charge in [-0.25, -0.2) is 4.98 Å². The van der Waals surface area contributed by atoms with Gasteiger partial charge in [-0.3, -0.25) is 9.59 Å². The van der Waals surface area contributed by atoms with Crippen LogP contribution in [-0.2, 0) is 11.2 Å². The Labute approximate surface area is 175 Å². The van der Waals surface area contributed by atoms with E-state index in [2.05, 4.69) is 21.0 Å². The van der Waals surface area contributed by atoms with E-state index < -0.39 is 6.04 Å². The van der Waals surface area contributed by atoms with Crippen LogP contribution >= 0.6 is 22.9 Å². The van der Waals surface area contributed by atoms with E-state index in [1.165, 1.54) is 0 Å². The number of hydrogen-bond acceptors (Lipinski definition) is 4. The average Bonchev–Trinajstić information content (AvgIpc) is 3.10. The van der Waals surface area contributed by atoms with Gasteiger partial charge in [0.2, 0.25) is 5.91 Å². The zero-order chi connectivity index (χ0) is 20.5. The number of benzene rings is 1. The van der Waals surface area contributed by atoms with Gasteiger partial charge in [0.05, 0.1) is 5.01 Å². The molecule has 5 nitrogen and oxygen atoms in total. The molecule has 2 rings (SSSR count). The molecule has 0 aliphatic heterocycles. The molecular formula is C21H28ClN3O2S. The molecule has 0 aliphatic rings. The molecule has 1 aromatic carbocycles. The smallest absolute Gasteiger partial charge is 0.251 e. The maximum Gasteiger partial charge on any atom is 0.251 e. The number of rotatable bonds is 10. The second kappa shape index (κ2) is 11.2. The Balaban J connectivity index is 1.82. The van der Waals surface area contributed by atoms with Crippen molar-refractivity contribution in [2.24, 2.45) is 5.92 Å². The summed E-state index contributed by atoms with van der Waals surface area (Å²) in [7, 11) is 0. The molecule has 0 aliphatic carbocycles. The highest BCUT2D eigenvalue weighted by atomic mass is 35.5. The molecule has 0 saturated heterocycles. The summed E-state index contributed by atoms with van der Waals surface area (Å²) in [6, 6.07) is 6.08. The number of nitrogens with zero attached hydrogens (tertiary/aromatic N) is 1. The van der Waals surface area contributed by atoms with E-state index >= 15 is 0 Å². The Morgan fingerprint density at radius 2 is 1.93 bits per heavy atom. The number of halogens is 1. The Hall–Kier alpha value is -1.92. The van der Waals surface area contributed by atoms with Crippen LogP contribution in [0.4, 0.5) is 0 Å². The quantitative estimate of drug-likeness (QED) is 0.559. The number of carbonyl (C=O) groups excluding carboxylic acids is 2. The standard InChI is InChI=1S/C21H28ClN3O2S/c1-4-14(2)19(25-20(26)16-8-10-17(22)11-9-16)21(27)23-12-6-5-7-18-24-15(3)13-28-18/h8-11,13-14,19H,4-7,12H2,1-3H3,(H,23,27)(H,25,26). The highest BCUT2D eigenvalue weighted by molar-refractivity contribution is 7.09. The number of aromatic nitrogens is 1. The Morgan fingerprint density at radius 1 is 1.21 bits per heavy atom. The van der Waals surface area contributed by atoms with Crippen LogP contribution in [0.25, 0.3) is 0 Å². The van der Waals surface area contributed by atoms with Gasteiger partial charge >= 0.3 is 0 Å². The number of hydrogen-bond donors (Lipinski definition) is 2. The molecule has 28 heavy (non-hydrogen) atoms. The minimum Gasteiger partial charge on any atom is -0.354 e. The molecule has 0 bridgehead atoms. The lowest BCUT2D eigenvalue weighted by molar-refractivity contribution is -0.124. The van der Waals surface area contributed by atoms with Crippen LogP contribution in [0.1, 0.15) is 54.2 Å². The van der Waals surface area contributed by atoms with E-state index in [0.717, 1.165) is 36.4 Å². The topological polar surface area (TPSA) is 71.1 Å². The van der Waals surface area contributed by atoms with Gasteiger partial charge in [-0.15, -0.1) is 11.3 Å². The first-order chi connectivity index (χ1) is 13.4. The molecule has 2 aromatic rings. The van der Waals surface area contributed by atoms with Crippen LogP contribution in [0.2, 0.25) is 5.02 Å². The molecule has 0 saturated carbocycles. The molecule has 2 N–H and O–H groups in total. The molecule has 1 aromatic heterocycles. The van der Waals surface area contributed by atoms with Crippen LogP contribution in [0, 0.1) is 12.8 Å². The van der Waals surface area contributed by atoms with E-state index in [0.29, 0.717) is 17.1 Å². The Kier molecular flexibility index (Phi) is 8.93. The predicted octanol–water partition coefficient (Wildman–Crippen LogP) is 4.39. The summed E-state index contributed by atoms with van der Waals surface area (Å²) >= 11 is 7.55. The van der Waals surface area contributed by atoms with Crippen molar-refractivity contribution < 1.29 is 9.59 Å². The van der Waals surface area contributed by atoms with Gasteiger partial charge in [0.25, 0.3) is 5.91 Å². The summed E-state index contributed by atoms with van der Waals surface area (Å²) in [5, 5.41) is 9.59. The van der Waals surface area contributed by atoms with Crippen molar-refractivity contribution in [1.29, 1.82) is 0 Å². The molecule has 2 atom stereocenters. The van der Waals surface area contributed by atoms with Crippen molar-refractivity contribution in [2.75, 3.05) is 6.54 Å². The van der Waals surface area contributed by atoms with Gasteiger partial charge in [0.15, 0.2) is 0 Å². The van der Waals surface area contributed by atoms with E-state index in [-0.39, 0.29) is 17.7 Å². The number of nitrogens with one attached hydrogen (secondary N) is 2. The van der Waals surface area contributed by atoms with Crippen LogP contribution < -0.4 is 10.6 Å². The normalized spacial score (nSPS) is 13.0. The van der Waals surface area contributed by atoms with Gasteiger partial charge in [0, 0.05) is 28.2 Å². The van der Waals surface area contributed by atoms with E-state index in [1.54, 1.807) is 35.6 Å². The predicted molar refractivity (Wildman–Crippen MR) is 115 cm³/mol. The van der Waals surface area contributed by atoms with Crippen LogP contribution in [0.15, 0.2) is 29.6 Å². The fourth-order valence-electron chi connectivity index (χ4n) is 2.77. The molecule has 0 spiro atoms. The third-order valence-electron chi connectivity index (χ3n) is 4.67. The van der Waals surface area contributed by atoms with Crippen LogP contribution in [0.3, 0.4) is 0 Å². The number of unbranched alkanes of at least 4 members (excludes halogenated alkanes) is 1. The maximum absolute atomic E-state index is 12.6. The van der Waals surface area contributed by atoms with E-state index in [9.17, 15) is 9.59 Å². The third kappa shape index (κ3) is 6.91. The van der Waals surface area contributed by atoms with Crippen LogP contribution in [0.5, 0.6) is 0 Å². The summed E-state index contributed by atoms with van der Waals surface area (Å²) in [5.41, 5.74) is 1.55. The van der Waals surface area contributed by atoms with Crippen molar-refractivity contribution in [3.8, 4) is 0 Å². The monoisotopic (exact) mass is 421 g/mol. The van der Waals surface area contributed by atoms with Crippen molar-refractivity contribution in [1.82, 2.24) is 15.6 Å². The number of amides is 2. The van der Waals surface area contributed by atoms with E-state index in [4.69, 9.17) is 11.6 Å². The molecule has 2 amide bonds. The molecule has 152 valence electrons. The fourth-order valence-corrected chi connectivity index (χ4v) is 3.71. The number of carbonyl (C=O) groups is 2. The highest BCUT2D eigenvalue weighted by Crippen LogP contribution is 2.13. The lowest BCUT2D eigenvalue weighted by Crippen LogP contribution is -2.50. The maximum atomic E-state index is 12.6. The second-order valence-electron chi connectivity index (χ2n) is 6.97. The zero-order valence-corrected chi connectivity index (χ0v) is 18.2. The second-order valence-corrected chi connectivity index (χ2v) is 8.35. The molecule has 0 radical (unpaired) electrons. The van der Waals surface area contributed by atoms with Gasteiger partial charge in [-0.05, 0) is 56.4 Å². The largest absolute Gasteiger partial charge is 0.354 e. The summed E-state index contributed by atoms with van der Waals surface area (Å²) in [4.78, 5) is 29.6. The van der Waals surface area contributed by atoms with Gasteiger partial charge < -0.3 is 10.6 Å². The Morgan fingerprint density at radius 3 is 2.54 bits per heavy atom. The SMILES string of the molecule is CCC(C)C(NC(=O)c1ccc(Cl)cc1)C(=O)NCCCCc1nc(C)cs1. The summed E-state index contributed by atoms with van der Waals surface area (Å²) in [5.74, 6) is -0.368. The first kappa shape index (κ1) is 22.4. The lowest BCUT2D eigenvalue weighted by atomic mass is 9.97. The molecule has 1 heterocycles. The summed E-state index contributed by atoms with van der Waals surface area (Å²) in [6.07, 6.45) is 3.57. The summed E-state index contributed by atoms with van der Waals surface area (Å²) < 4.78 is 0. The summed E-state index contributed by atoms with van der Waals surface area (Å²) in [6.45, 7) is 6.56. The van der Waals surface area contributed by atoms with Gasteiger partial charge in [-0.2, -0.15) is 0 Å². The fraction of sp³-hybridized carbons (Fsp3) is 0.476. The van der Waals surface area contributed by atoms with Crippen LogP contribution in [-0.4, -0.2) is 29.4 Å². The molecule has 0 fully saturated rings. The van der Waals surface area contributed by atoms with E-state index in [1.807, 2.05) is 20.8 Å². The Bertz CT molecular complexity index is 776. The van der Waals surface area contributed by atoms with Crippen molar-refractivity contribution >= 4 is 34.8 Å². The number of thiazole rings is 1.